The average molecular weight is 765 g/mol. The molecule has 0 atom stereocenters. The average Bonchev–Trinajstić information content (AvgIpc) is 3.17. The second-order valence-corrected chi connectivity index (χ2v) is 15.5. The molecule has 0 bridgehead atoms. The third-order valence-corrected chi connectivity index (χ3v) is 12.3. The second-order valence-electron chi connectivity index (χ2n) is 13.1. The van der Waals surface area contributed by atoms with E-state index in [-0.39, 0.29) is 76.9 Å². The van der Waals surface area contributed by atoms with Gasteiger partial charge in [-0.1, -0.05) is 41.9 Å². The minimum Gasteiger partial charge on any atom is -0.482 e. The second kappa shape index (κ2) is 14.8. The van der Waals surface area contributed by atoms with Gasteiger partial charge in [0.05, 0.1) is 21.9 Å². The lowest BCUT2D eigenvalue weighted by molar-refractivity contribution is -0.131. The number of sulfonamides is 1. The molecule has 1 N–H and O–H groups in total. The number of aromatic nitrogens is 1. The van der Waals surface area contributed by atoms with Gasteiger partial charge in [-0.05, 0) is 37.1 Å². The summed E-state index contributed by atoms with van der Waals surface area (Å²) in [5.74, 6) is -1.33. The monoisotopic (exact) mass is 764 g/mol. The zero-order chi connectivity index (χ0) is 37.4. The van der Waals surface area contributed by atoms with Crippen molar-refractivity contribution in [3.63, 3.8) is 0 Å². The number of nitrogens with one attached hydrogen (secondary N) is 1. The van der Waals surface area contributed by atoms with Gasteiger partial charge in [0.25, 0.3) is 11.8 Å². The smallest absolute Gasteiger partial charge is 0.262 e. The number of hydrogen-bond acceptors (Lipinski definition) is 8. The molecule has 0 spiro atoms. The van der Waals surface area contributed by atoms with Crippen molar-refractivity contribution in [1.29, 1.82) is 0 Å². The quantitative estimate of drug-likeness (QED) is 0.287. The summed E-state index contributed by atoms with van der Waals surface area (Å²) in [6.45, 7) is 3.64. The third kappa shape index (κ3) is 7.20. The number of pyridine rings is 1. The summed E-state index contributed by atoms with van der Waals surface area (Å²) in [6, 6.07) is 15.2. The Hall–Kier alpha value is -4.99. The highest BCUT2D eigenvalue weighted by Crippen LogP contribution is 2.37. The van der Waals surface area contributed by atoms with Crippen molar-refractivity contribution in [3.8, 4) is 5.75 Å². The number of nitrogens with zero attached hydrogens (tertiary/aromatic N) is 5. The normalized spacial score (nSPS) is 16.7. The van der Waals surface area contributed by atoms with Crippen molar-refractivity contribution in [2.24, 2.45) is 0 Å². The zero-order valence-electron chi connectivity index (χ0n) is 29.0. The van der Waals surface area contributed by atoms with Crippen LogP contribution in [-0.2, 0) is 32.6 Å². The maximum atomic E-state index is 15.7. The van der Waals surface area contributed by atoms with Crippen molar-refractivity contribution in [2.75, 3.05) is 69.2 Å². The highest BCUT2D eigenvalue weighted by molar-refractivity contribution is 7.89. The van der Waals surface area contributed by atoms with E-state index >= 15 is 4.39 Å². The van der Waals surface area contributed by atoms with Crippen molar-refractivity contribution >= 4 is 61.6 Å². The Bertz CT molecular complexity index is 2270. The summed E-state index contributed by atoms with van der Waals surface area (Å²) in [5, 5.41) is 2.56. The minimum absolute atomic E-state index is 0.00478. The van der Waals surface area contributed by atoms with Gasteiger partial charge < -0.3 is 29.3 Å². The molecule has 3 aliphatic heterocycles. The predicted octanol–water partition coefficient (Wildman–Crippen LogP) is 3.57. The summed E-state index contributed by atoms with van der Waals surface area (Å²) < 4.78 is 51.2. The van der Waals surface area contributed by atoms with Crippen LogP contribution in [0.5, 0.6) is 5.75 Å². The number of amides is 3. The van der Waals surface area contributed by atoms with Gasteiger partial charge in [0.2, 0.25) is 21.4 Å². The summed E-state index contributed by atoms with van der Waals surface area (Å²) in [4.78, 5) is 56.9. The number of aryl methyl sites for hydroxylation is 2. The Kier molecular flexibility index (Phi) is 10.2. The van der Waals surface area contributed by atoms with Crippen LogP contribution in [-0.4, -0.2) is 104 Å². The first-order chi connectivity index (χ1) is 25.4. The highest BCUT2D eigenvalue weighted by Gasteiger charge is 2.34. The van der Waals surface area contributed by atoms with Crippen LogP contribution in [0.15, 0.2) is 70.5 Å². The van der Waals surface area contributed by atoms with Gasteiger partial charge in [-0.2, -0.15) is 4.31 Å². The molecule has 0 unspecified atom stereocenters. The van der Waals surface area contributed by atoms with E-state index in [1.54, 1.807) is 15.5 Å². The highest BCUT2D eigenvalue weighted by atomic mass is 35.5. The van der Waals surface area contributed by atoms with Crippen LogP contribution < -0.4 is 20.4 Å². The Morgan fingerprint density at radius 1 is 0.925 bits per heavy atom. The largest absolute Gasteiger partial charge is 0.482 e. The van der Waals surface area contributed by atoms with Gasteiger partial charge >= 0.3 is 0 Å². The predicted molar refractivity (Wildman–Crippen MR) is 198 cm³/mol. The molecule has 4 aromatic rings. The number of piperazine rings is 2. The van der Waals surface area contributed by atoms with Gasteiger partial charge in [-0.3, -0.25) is 19.2 Å². The van der Waals surface area contributed by atoms with E-state index in [2.05, 4.69) is 5.32 Å². The van der Waals surface area contributed by atoms with Gasteiger partial charge in [-0.25, -0.2) is 12.8 Å². The van der Waals surface area contributed by atoms with E-state index < -0.39 is 27.2 Å². The number of benzene rings is 3. The van der Waals surface area contributed by atoms with Crippen LogP contribution in [0.25, 0.3) is 10.9 Å². The zero-order valence-corrected chi connectivity index (χ0v) is 30.6. The molecule has 53 heavy (non-hydrogen) atoms. The Balaban J connectivity index is 1.03. The van der Waals surface area contributed by atoms with E-state index in [0.29, 0.717) is 56.8 Å². The van der Waals surface area contributed by atoms with Crippen LogP contribution >= 0.6 is 11.6 Å². The number of hydrogen-bond donors (Lipinski definition) is 1. The van der Waals surface area contributed by atoms with E-state index in [4.69, 9.17) is 16.3 Å². The Labute approximate surface area is 310 Å². The van der Waals surface area contributed by atoms with Gasteiger partial charge in [0.15, 0.2) is 6.61 Å². The standard InChI is InChI=1S/C37H38ClFN6O7S/c1-2-41-22-26(37(49)44-14-16-45(17-15-44)53(50,51)33-21-32-29(19-27(33)38)40-34(46)23-52-32)36(48)25-18-28(39)31(20-30(25)41)42-10-12-43(13-11-42)35(47)9-8-24-6-4-3-5-7-24/h3-7,18-22H,2,8-17,23H2,1H3,(H,40,46). The molecule has 278 valence electrons. The number of fused-ring (bicyclic) bond motifs is 2. The molecule has 2 saturated heterocycles. The third-order valence-electron chi connectivity index (χ3n) is 9.97. The van der Waals surface area contributed by atoms with Gasteiger partial charge in [0.1, 0.15) is 22.0 Å². The summed E-state index contributed by atoms with van der Waals surface area (Å²) >= 11 is 6.32. The Morgan fingerprint density at radius 3 is 2.32 bits per heavy atom. The lowest BCUT2D eigenvalue weighted by Gasteiger charge is -2.36. The maximum absolute atomic E-state index is 15.7. The number of halogens is 2. The molecular formula is C37H38ClFN6O7S. The summed E-state index contributed by atoms with van der Waals surface area (Å²) in [7, 11) is -4.10. The van der Waals surface area contributed by atoms with E-state index in [0.717, 1.165) is 5.56 Å². The number of carbonyl (C=O) groups is 3. The maximum Gasteiger partial charge on any atom is 0.262 e. The lowest BCUT2D eigenvalue weighted by atomic mass is 10.1. The topological polar surface area (TPSA) is 142 Å². The number of rotatable bonds is 8. The number of carbonyl (C=O) groups excluding carboxylic acids is 3. The fourth-order valence-electron chi connectivity index (χ4n) is 7.03. The molecule has 3 aliphatic rings. The van der Waals surface area contributed by atoms with Crippen LogP contribution in [0.2, 0.25) is 5.02 Å². The van der Waals surface area contributed by atoms with Crippen molar-refractivity contribution in [3.05, 3.63) is 93.0 Å². The molecule has 7 rings (SSSR count). The van der Waals surface area contributed by atoms with E-state index in [1.807, 2.05) is 42.2 Å². The molecule has 16 heteroatoms. The molecule has 3 amide bonds. The van der Waals surface area contributed by atoms with Crippen molar-refractivity contribution in [2.45, 2.75) is 31.2 Å². The molecule has 0 saturated carbocycles. The van der Waals surface area contributed by atoms with Crippen molar-refractivity contribution in [1.82, 2.24) is 18.7 Å². The minimum atomic E-state index is -4.10. The van der Waals surface area contributed by atoms with Crippen LogP contribution in [0.4, 0.5) is 15.8 Å². The summed E-state index contributed by atoms with van der Waals surface area (Å²) in [6.07, 6.45) is 2.53. The fourth-order valence-corrected chi connectivity index (χ4v) is 8.97. The number of ether oxygens (including phenoxy) is 1. The molecule has 2 fully saturated rings. The molecule has 1 aromatic heterocycles. The Morgan fingerprint density at radius 2 is 1.62 bits per heavy atom. The SMILES string of the molecule is CCn1cc(C(=O)N2CCN(S(=O)(=O)c3cc4c(cc3Cl)NC(=O)CO4)CC2)c(=O)c2cc(F)c(N3CCN(C(=O)CCc4ccccc4)CC3)cc21. The van der Waals surface area contributed by atoms with Crippen LogP contribution in [0.1, 0.15) is 29.3 Å². The molecule has 4 heterocycles. The number of anilines is 2. The molecule has 0 radical (unpaired) electrons. The van der Waals surface area contributed by atoms with E-state index in [1.165, 1.54) is 33.6 Å². The first-order valence-corrected chi connectivity index (χ1v) is 19.3. The van der Waals surface area contributed by atoms with Crippen LogP contribution in [0, 0.1) is 5.82 Å². The summed E-state index contributed by atoms with van der Waals surface area (Å²) in [5.41, 5.74) is 1.42. The van der Waals surface area contributed by atoms with Crippen molar-refractivity contribution < 1.29 is 31.9 Å². The van der Waals surface area contributed by atoms with Crippen LogP contribution in [0.3, 0.4) is 0 Å². The molecule has 0 aliphatic carbocycles. The first-order valence-electron chi connectivity index (χ1n) is 17.4. The van der Waals surface area contributed by atoms with Gasteiger partial charge in [-0.15, -0.1) is 0 Å². The van der Waals surface area contributed by atoms with E-state index in [9.17, 15) is 27.6 Å². The lowest BCUT2D eigenvalue weighted by Crippen LogP contribution is -2.51. The first kappa shape index (κ1) is 36.4. The van der Waals surface area contributed by atoms with Gasteiger partial charge in [0, 0.05) is 83.0 Å². The molecule has 13 nitrogen and oxygen atoms in total. The fraction of sp³-hybridized carbons (Fsp3) is 0.351. The molecular weight excluding hydrogens is 727 g/mol. The molecule has 3 aromatic carbocycles.